The maximum atomic E-state index is 12.0. The van der Waals surface area contributed by atoms with Gasteiger partial charge in [0.2, 0.25) is 5.16 Å². The standard InChI is InChI=1S/C16H11BrN4O2S/c17-11-4-1-3-10(7-11)9-24-16-19-18-15(22)13-8-12(20-21(13)16)14-5-2-6-23-14/h1-8H,9H2,(H,18,22). The number of hydrogen-bond donors (Lipinski definition) is 1. The second kappa shape index (κ2) is 6.29. The highest BCUT2D eigenvalue weighted by atomic mass is 79.9. The summed E-state index contributed by atoms with van der Waals surface area (Å²) in [5, 5.41) is 11.7. The molecule has 0 aliphatic heterocycles. The lowest BCUT2D eigenvalue weighted by Crippen LogP contribution is -2.13. The van der Waals surface area contributed by atoms with E-state index in [1.54, 1.807) is 29.0 Å². The number of fused-ring (bicyclic) bond motifs is 1. The molecule has 120 valence electrons. The SMILES string of the molecule is O=c1[nH]nc(SCc2cccc(Br)c2)n2nc(-c3ccco3)cc12. The second-order valence-electron chi connectivity index (χ2n) is 5.06. The number of H-pyrrole nitrogens is 1. The van der Waals surface area contributed by atoms with Crippen molar-refractivity contribution in [1.82, 2.24) is 19.8 Å². The summed E-state index contributed by atoms with van der Waals surface area (Å²) in [5.41, 5.74) is 1.90. The van der Waals surface area contributed by atoms with Crippen molar-refractivity contribution in [3.63, 3.8) is 0 Å². The fourth-order valence-electron chi connectivity index (χ4n) is 2.30. The molecular weight excluding hydrogens is 392 g/mol. The number of benzene rings is 1. The lowest BCUT2D eigenvalue weighted by atomic mass is 10.2. The zero-order valence-electron chi connectivity index (χ0n) is 12.3. The summed E-state index contributed by atoms with van der Waals surface area (Å²) in [7, 11) is 0. The molecule has 0 amide bonds. The van der Waals surface area contributed by atoms with Gasteiger partial charge < -0.3 is 4.42 Å². The predicted molar refractivity (Wildman–Crippen MR) is 95.0 cm³/mol. The molecule has 8 heteroatoms. The van der Waals surface area contributed by atoms with Crippen LogP contribution in [-0.4, -0.2) is 19.8 Å². The quantitative estimate of drug-likeness (QED) is 0.526. The Morgan fingerprint density at radius 2 is 2.17 bits per heavy atom. The number of hydrogen-bond acceptors (Lipinski definition) is 5. The molecule has 1 aromatic carbocycles. The van der Waals surface area contributed by atoms with Gasteiger partial charge in [-0.3, -0.25) is 4.79 Å². The molecule has 3 aromatic heterocycles. The minimum absolute atomic E-state index is 0.285. The molecule has 3 heterocycles. The molecule has 0 saturated carbocycles. The van der Waals surface area contributed by atoms with E-state index in [1.165, 1.54) is 11.8 Å². The van der Waals surface area contributed by atoms with Gasteiger partial charge in [0.15, 0.2) is 5.76 Å². The fraction of sp³-hybridized carbons (Fsp3) is 0.0625. The summed E-state index contributed by atoms with van der Waals surface area (Å²) in [6.07, 6.45) is 1.57. The van der Waals surface area contributed by atoms with Gasteiger partial charge in [-0.05, 0) is 29.8 Å². The van der Waals surface area contributed by atoms with Gasteiger partial charge in [-0.2, -0.15) is 5.10 Å². The smallest absolute Gasteiger partial charge is 0.290 e. The summed E-state index contributed by atoms with van der Waals surface area (Å²) < 4.78 is 7.93. The van der Waals surface area contributed by atoms with Crippen molar-refractivity contribution in [2.45, 2.75) is 10.9 Å². The molecule has 0 saturated heterocycles. The number of rotatable bonds is 4. The normalized spacial score (nSPS) is 11.2. The van der Waals surface area contributed by atoms with Crippen molar-refractivity contribution < 1.29 is 4.42 Å². The van der Waals surface area contributed by atoms with E-state index in [-0.39, 0.29) is 5.56 Å². The molecule has 0 spiro atoms. The van der Waals surface area contributed by atoms with Crippen molar-refractivity contribution in [2.75, 3.05) is 0 Å². The van der Waals surface area contributed by atoms with E-state index in [1.807, 2.05) is 24.3 Å². The van der Waals surface area contributed by atoms with E-state index < -0.39 is 0 Å². The third kappa shape index (κ3) is 2.90. The Morgan fingerprint density at radius 3 is 2.96 bits per heavy atom. The van der Waals surface area contributed by atoms with Crippen LogP contribution in [0.25, 0.3) is 17.0 Å². The molecule has 0 aliphatic rings. The summed E-state index contributed by atoms with van der Waals surface area (Å²) >= 11 is 4.96. The highest BCUT2D eigenvalue weighted by Gasteiger charge is 2.13. The summed E-state index contributed by atoms with van der Waals surface area (Å²) in [4.78, 5) is 12.0. The summed E-state index contributed by atoms with van der Waals surface area (Å²) in [6, 6.07) is 13.3. The number of aromatic nitrogens is 4. The number of aromatic amines is 1. The Bertz CT molecular complexity index is 1060. The zero-order chi connectivity index (χ0) is 16.5. The number of thioether (sulfide) groups is 1. The van der Waals surface area contributed by atoms with Gasteiger partial charge in [0.05, 0.1) is 6.26 Å². The van der Waals surface area contributed by atoms with Crippen molar-refractivity contribution in [3.8, 4) is 11.5 Å². The average molecular weight is 403 g/mol. The van der Waals surface area contributed by atoms with Gasteiger partial charge in [-0.25, -0.2) is 9.61 Å². The van der Waals surface area contributed by atoms with Crippen molar-refractivity contribution >= 4 is 33.2 Å². The Hall–Kier alpha value is -2.32. The molecule has 24 heavy (non-hydrogen) atoms. The van der Waals surface area contributed by atoms with Crippen LogP contribution in [0.15, 0.2) is 67.6 Å². The zero-order valence-corrected chi connectivity index (χ0v) is 14.7. The van der Waals surface area contributed by atoms with Gasteiger partial charge in [0.1, 0.15) is 11.2 Å². The fourth-order valence-corrected chi connectivity index (χ4v) is 3.60. The van der Waals surface area contributed by atoms with Crippen LogP contribution in [0.3, 0.4) is 0 Å². The van der Waals surface area contributed by atoms with Gasteiger partial charge in [-0.1, -0.05) is 39.8 Å². The molecular formula is C16H11BrN4O2S. The van der Waals surface area contributed by atoms with Crippen LogP contribution in [0.4, 0.5) is 0 Å². The third-order valence-electron chi connectivity index (χ3n) is 3.41. The second-order valence-corrected chi connectivity index (χ2v) is 6.92. The number of nitrogens with zero attached hydrogens (tertiary/aromatic N) is 3. The van der Waals surface area contributed by atoms with Crippen LogP contribution >= 0.6 is 27.7 Å². The van der Waals surface area contributed by atoms with E-state index >= 15 is 0 Å². The van der Waals surface area contributed by atoms with E-state index in [0.717, 1.165) is 10.0 Å². The van der Waals surface area contributed by atoms with E-state index in [9.17, 15) is 4.79 Å². The summed E-state index contributed by atoms with van der Waals surface area (Å²) in [6.45, 7) is 0. The lowest BCUT2D eigenvalue weighted by Gasteiger charge is -2.03. The first-order valence-electron chi connectivity index (χ1n) is 7.10. The maximum absolute atomic E-state index is 12.0. The first kappa shape index (κ1) is 15.2. The number of furan rings is 1. The largest absolute Gasteiger partial charge is 0.463 e. The van der Waals surface area contributed by atoms with Gasteiger partial charge >= 0.3 is 0 Å². The molecule has 0 aliphatic carbocycles. The Balaban J connectivity index is 1.70. The Morgan fingerprint density at radius 1 is 1.25 bits per heavy atom. The van der Waals surface area contributed by atoms with Gasteiger partial charge in [0, 0.05) is 16.3 Å². The molecule has 0 radical (unpaired) electrons. The molecule has 6 nitrogen and oxygen atoms in total. The van der Waals surface area contributed by atoms with E-state index in [4.69, 9.17) is 4.42 Å². The molecule has 0 unspecified atom stereocenters. The number of halogens is 1. The van der Waals surface area contributed by atoms with Crippen molar-refractivity contribution in [2.24, 2.45) is 0 Å². The highest BCUT2D eigenvalue weighted by molar-refractivity contribution is 9.10. The van der Waals surface area contributed by atoms with Gasteiger partial charge in [-0.15, -0.1) is 5.10 Å². The summed E-state index contributed by atoms with van der Waals surface area (Å²) in [5.74, 6) is 1.32. The molecule has 4 aromatic rings. The first-order chi connectivity index (χ1) is 11.7. The highest BCUT2D eigenvalue weighted by Crippen LogP contribution is 2.24. The van der Waals surface area contributed by atoms with Crippen molar-refractivity contribution in [1.29, 1.82) is 0 Å². The lowest BCUT2D eigenvalue weighted by molar-refractivity contribution is 0.578. The van der Waals surface area contributed by atoms with Crippen LogP contribution in [0.1, 0.15) is 5.56 Å². The minimum atomic E-state index is -0.285. The van der Waals surface area contributed by atoms with Crippen LogP contribution < -0.4 is 5.56 Å². The predicted octanol–water partition coefficient (Wildman–Crippen LogP) is 3.73. The molecule has 0 atom stereocenters. The monoisotopic (exact) mass is 402 g/mol. The Kier molecular flexibility index (Phi) is 3.99. The Labute approximate surface area is 149 Å². The van der Waals surface area contributed by atoms with Crippen LogP contribution in [0.5, 0.6) is 0 Å². The molecule has 0 fully saturated rings. The molecule has 0 bridgehead atoms. The van der Waals surface area contributed by atoms with E-state index in [2.05, 4.69) is 31.2 Å². The van der Waals surface area contributed by atoms with Crippen LogP contribution in [0, 0.1) is 0 Å². The topological polar surface area (TPSA) is 76.2 Å². The van der Waals surface area contributed by atoms with E-state index in [0.29, 0.717) is 27.9 Å². The van der Waals surface area contributed by atoms with Gasteiger partial charge in [0.25, 0.3) is 5.56 Å². The molecule has 1 N–H and O–H groups in total. The molecule has 4 rings (SSSR count). The average Bonchev–Trinajstić information content (AvgIpc) is 3.24. The first-order valence-corrected chi connectivity index (χ1v) is 8.88. The van der Waals surface area contributed by atoms with Crippen LogP contribution in [0.2, 0.25) is 0 Å². The third-order valence-corrected chi connectivity index (χ3v) is 4.90. The maximum Gasteiger partial charge on any atom is 0.290 e. The minimum Gasteiger partial charge on any atom is -0.463 e. The number of nitrogens with one attached hydrogen (secondary N) is 1. The van der Waals surface area contributed by atoms with Crippen molar-refractivity contribution in [3.05, 3.63) is 69.1 Å². The van der Waals surface area contributed by atoms with Crippen LogP contribution in [-0.2, 0) is 5.75 Å².